The smallest absolute Gasteiger partial charge is 0.408 e. The van der Waals surface area contributed by atoms with E-state index in [9.17, 15) is 19.2 Å². The summed E-state index contributed by atoms with van der Waals surface area (Å²) in [4.78, 5) is 49.4. The number of carbonyl (C=O) groups is 4. The lowest BCUT2D eigenvalue weighted by atomic mass is 10.2. The highest BCUT2D eigenvalue weighted by atomic mass is 16.6. The van der Waals surface area contributed by atoms with Gasteiger partial charge in [0.15, 0.2) is 0 Å². The molecule has 2 heterocycles. The summed E-state index contributed by atoms with van der Waals surface area (Å²) < 4.78 is 21.4. The number of rotatable bonds is 2. The SMILES string of the molecule is CC(C)(C)OC(=O)N[C@H]1COc2ccccc2NC1=O.CN1C(=O)[C@@H](NC(=O)OC(C)(C)C)COc2ccccc21. The molecule has 0 fully saturated rings. The molecule has 0 spiro atoms. The number of ether oxygens (including phenoxy) is 4. The van der Waals surface area contributed by atoms with Gasteiger partial charge in [-0.2, -0.15) is 0 Å². The van der Waals surface area contributed by atoms with Gasteiger partial charge in [-0.25, -0.2) is 9.59 Å². The van der Waals surface area contributed by atoms with Crippen molar-refractivity contribution >= 4 is 35.4 Å². The fourth-order valence-electron chi connectivity index (χ4n) is 3.73. The van der Waals surface area contributed by atoms with Crippen molar-refractivity contribution in [2.24, 2.45) is 0 Å². The number of alkyl carbamates (subject to hydrolysis) is 2. The maximum Gasteiger partial charge on any atom is 0.408 e. The summed E-state index contributed by atoms with van der Waals surface area (Å²) in [5.74, 6) is 0.614. The maximum atomic E-state index is 12.4. The van der Waals surface area contributed by atoms with E-state index in [2.05, 4.69) is 16.0 Å². The van der Waals surface area contributed by atoms with E-state index in [0.717, 1.165) is 0 Å². The van der Waals surface area contributed by atoms with Crippen LogP contribution in [0.15, 0.2) is 48.5 Å². The summed E-state index contributed by atoms with van der Waals surface area (Å²) in [5, 5.41) is 7.76. The fraction of sp³-hybridized carbons (Fsp3) is 0.448. The van der Waals surface area contributed by atoms with Crippen LogP contribution in [0, 0.1) is 0 Å². The zero-order valence-corrected chi connectivity index (χ0v) is 24.4. The molecule has 2 atom stereocenters. The number of likely N-dealkylation sites (N-methyl/N-ethyl adjacent to an activating group) is 1. The van der Waals surface area contributed by atoms with Crippen molar-refractivity contribution in [1.29, 1.82) is 0 Å². The second kappa shape index (κ2) is 12.8. The fourth-order valence-corrected chi connectivity index (χ4v) is 3.73. The van der Waals surface area contributed by atoms with Gasteiger partial charge in [0.25, 0.3) is 11.8 Å². The quantitative estimate of drug-likeness (QED) is 0.494. The summed E-state index contributed by atoms with van der Waals surface area (Å²) in [6, 6.07) is 12.8. The number of carbonyl (C=O) groups excluding carboxylic acids is 4. The number of anilines is 2. The maximum absolute atomic E-state index is 12.4. The molecular weight excluding hydrogens is 532 g/mol. The van der Waals surface area contributed by atoms with Gasteiger partial charge in [0.1, 0.15) is 48.0 Å². The highest BCUT2D eigenvalue weighted by Gasteiger charge is 2.32. The molecule has 0 saturated carbocycles. The minimum absolute atomic E-state index is 0.0576. The minimum Gasteiger partial charge on any atom is -0.489 e. The lowest BCUT2D eigenvalue weighted by Gasteiger charge is -2.23. The molecule has 2 aliphatic rings. The van der Waals surface area contributed by atoms with Crippen LogP contribution in [-0.4, -0.2) is 67.5 Å². The molecule has 3 N–H and O–H groups in total. The van der Waals surface area contributed by atoms with Gasteiger partial charge in [-0.05, 0) is 65.8 Å². The molecule has 12 nitrogen and oxygen atoms in total. The van der Waals surface area contributed by atoms with E-state index in [1.165, 1.54) is 4.90 Å². The Hall–Kier alpha value is -4.48. The highest BCUT2D eigenvalue weighted by molar-refractivity contribution is 6.00. The summed E-state index contributed by atoms with van der Waals surface area (Å²) in [6.45, 7) is 10.7. The molecule has 0 unspecified atom stereocenters. The first kappa shape index (κ1) is 31.1. The normalized spacial score (nSPS) is 18.3. The van der Waals surface area contributed by atoms with Crippen LogP contribution in [0.1, 0.15) is 41.5 Å². The standard InChI is InChI=1S/C15H20N2O4.C14H18N2O4/c1-15(2,3)21-14(19)16-10-9-20-12-8-6-5-7-11(12)17(4)13(10)18;1-14(2,3)20-13(18)16-10-8-19-11-7-5-4-6-9(11)15-12(10)17/h5-8,10H,9H2,1-4H3,(H,16,19);4-7,10H,8H2,1-3H3,(H,15,17)(H,16,18)/t2*10-/m00/s1. The van der Waals surface area contributed by atoms with Crippen LogP contribution in [0.25, 0.3) is 0 Å². The number of para-hydroxylation sites is 4. The Balaban J connectivity index is 0.000000226. The van der Waals surface area contributed by atoms with Crippen molar-refractivity contribution in [3.05, 3.63) is 48.5 Å². The largest absolute Gasteiger partial charge is 0.489 e. The van der Waals surface area contributed by atoms with Crippen LogP contribution in [-0.2, 0) is 19.1 Å². The van der Waals surface area contributed by atoms with Crippen LogP contribution in [0.5, 0.6) is 11.5 Å². The molecule has 4 rings (SSSR count). The highest BCUT2D eigenvalue weighted by Crippen LogP contribution is 2.30. The van der Waals surface area contributed by atoms with Gasteiger partial charge in [-0.3, -0.25) is 9.59 Å². The topological polar surface area (TPSA) is 145 Å². The lowest BCUT2D eigenvalue weighted by molar-refractivity contribution is -0.120. The zero-order chi connectivity index (χ0) is 30.4. The van der Waals surface area contributed by atoms with E-state index in [1.54, 1.807) is 78.9 Å². The molecule has 4 amide bonds. The van der Waals surface area contributed by atoms with Crippen molar-refractivity contribution in [3.8, 4) is 11.5 Å². The van der Waals surface area contributed by atoms with Crippen molar-refractivity contribution < 1.29 is 38.1 Å². The Morgan fingerprint density at radius 2 is 1.29 bits per heavy atom. The van der Waals surface area contributed by atoms with Gasteiger partial charge in [-0.15, -0.1) is 0 Å². The van der Waals surface area contributed by atoms with Crippen LogP contribution in [0.4, 0.5) is 21.0 Å². The van der Waals surface area contributed by atoms with Crippen LogP contribution >= 0.6 is 0 Å². The minimum atomic E-state index is -0.794. The summed E-state index contributed by atoms with van der Waals surface area (Å²) in [5.41, 5.74) is 0.0323. The Morgan fingerprint density at radius 1 is 0.805 bits per heavy atom. The average Bonchev–Trinajstić information content (AvgIpc) is 3.09. The molecule has 0 saturated heterocycles. The van der Waals surface area contributed by atoms with E-state index >= 15 is 0 Å². The molecule has 2 aromatic rings. The number of hydrogen-bond donors (Lipinski definition) is 3. The zero-order valence-electron chi connectivity index (χ0n) is 24.4. The molecular formula is C29H38N4O8. The van der Waals surface area contributed by atoms with Gasteiger partial charge < -0.3 is 39.8 Å². The van der Waals surface area contributed by atoms with E-state index in [4.69, 9.17) is 18.9 Å². The van der Waals surface area contributed by atoms with Gasteiger partial charge in [0, 0.05) is 7.05 Å². The molecule has 41 heavy (non-hydrogen) atoms. The lowest BCUT2D eigenvalue weighted by Crippen LogP contribution is -2.50. The van der Waals surface area contributed by atoms with E-state index in [1.807, 2.05) is 18.2 Å². The average molecular weight is 571 g/mol. The summed E-state index contributed by atoms with van der Waals surface area (Å²) >= 11 is 0. The van der Waals surface area contributed by atoms with Crippen LogP contribution in [0.3, 0.4) is 0 Å². The molecule has 2 aliphatic heterocycles. The van der Waals surface area contributed by atoms with Gasteiger partial charge in [0.2, 0.25) is 0 Å². The number of nitrogens with zero attached hydrogens (tertiary/aromatic N) is 1. The van der Waals surface area contributed by atoms with Crippen molar-refractivity contribution in [1.82, 2.24) is 10.6 Å². The third kappa shape index (κ3) is 9.30. The Bertz CT molecular complexity index is 1270. The molecule has 0 aromatic heterocycles. The van der Waals surface area contributed by atoms with Gasteiger partial charge in [-0.1, -0.05) is 24.3 Å². The molecule has 222 valence electrons. The van der Waals surface area contributed by atoms with Crippen LogP contribution in [0.2, 0.25) is 0 Å². The summed E-state index contributed by atoms with van der Waals surface area (Å²) in [6.07, 6.45) is -1.28. The van der Waals surface area contributed by atoms with Crippen molar-refractivity contribution in [3.63, 3.8) is 0 Å². The third-order valence-electron chi connectivity index (χ3n) is 5.51. The van der Waals surface area contributed by atoms with E-state index in [-0.39, 0.29) is 25.0 Å². The first-order chi connectivity index (χ1) is 19.1. The van der Waals surface area contributed by atoms with Crippen molar-refractivity contribution in [2.75, 3.05) is 30.5 Å². The predicted octanol–water partition coefficient (Wildman–Crippen LogP) is 3.85. The molecule has 0 bridgehead atoms. The second-order valence-corrected chi connectivity index (χ2v) is 11.4. The molecule has 2 aromatic carbocycles. The predicted molar refractivity (Wildman–Crippen MR) is 152 cm³/mol. The number of fused-ring (bicyclic) bond motifs is 2. The Labute approximate surface area is 239 Å². The molecule has 0 aliphatic carbocycles. The first-order valence-corrected chi connectivity index (χ1v) is 13.1. The molecule has 0 radical (unpaired) electrons. The Morgan fingerprint density at radius 3 is 1.90 bits per heavy atom. The number of hydrogen-bond acceptors (Lipinski definition) is 8. The van der Waals surface area contributed by atoms with Crippen LogP contribution < -0.4 is 30.3 Å². The van der Waals surface area contributed by atoms with E-state index in [0.29, 0.717) is 22.9 Å². The number of benzene rings is 2. The van der Waals surface area contributed by atoms with Gasteiger partial charge >= 0.3 is 12.2 Å². The summed E-state index contributed by atoms with van der Waals surface area (Å²) in [7, 11) is 1.65. The molecule has 12 heteroatoms. The number of nitrogens with one attached hydrogen (secondary N) is 3. The number of amides is 4. The second-order valence-electron chi connectivity index (χ2n) is 11.4. The monoisotopic (exact) mass is 570 g/mol. The van der Waals surface area contributed by atoms with Gasteiger partial charge in [0.05, 0.1) is 11.4 Å². The first-order valence-electron chi connectivity index (χ1n) is 13.1. The van der Waals surface area contributed by atoms with E-state index < -0.39 is 35.5 Å². The Kier molecular flexibility index (Phi) is 9.69. The van der Waals surface area contributed by atoms with Crippen molar-refractivity contribution in [2.45, 2.75) is 64.8 Å². The third-order valence-corrected chi connectivity index (χ3v) is 5.51.